The molecule has 0 spiro atoms. The molecule has 0 aliphatic rings. The van der Waals surface area contributed by atoms with E-state index in [0.29, 0.717) is 23.7 Å². The van der Waals surface area contributed by atoms with E-state index in [1.807, 2.05) is 38.1 Å². The van der Waals surface area contributed by atoms with Crippen LogP contribution in [0.2, 0.25) is 0 Å². The van der Waals surface area contributed by atoms with Crippen molar-refractivity contribution in [2.75, 3.05) is 6.61 Å². The first-order valence-electron chi connectivity index (χ1n) is 7.60. The minimum Gasteiger partial charge on any atom is -0.490 e. The zero-order valence-electron chi connectivity index (χ0n) is 13.3. The number of para-hydroxylation sites is 1. The van der Waals surface area contributed by atoms with Crippen molar-refractivity contribution < 1.29 is 13.9 Å². The molecule has 1 atom stereocenters. The predicted octanol–water partition coefficient (Wildman–Crippen LogP) is 2.41. The molecule has 2 heterocycles. The highest BCUT2D eigenvalue weighted by Gasteiger charge is 2.17. The van der Waals surface area contributed by atoms with Gasteiger partial charge < -0.3 is 14.5 Å². The maximum Gasteiger partial charge on any atom is 0.272 e. The van der Waals surface area contributed by atoms with Gasteiger partial charge in [-0.1, -0.05) is 12.1 Å². The maximum atomic E-state index is 12.2. The second-order valence-electron chi connectivity index (χ2n) is 5.26. The van der Waals surface area contributed by atoms with Gasteiger partial charge in [-0.05, 0) is 32.0 Å². The molecule has 124 valence electrons. The van der Waals surface area contributed by atoms with Crippen molar-refractivity contribution in [1.82, 2.24) is 15.5 Å². The highest BCUT2D eigenvalue weighted by atomic mass is 16.5. The topological polar surface area (TPSA) is 97.2 Å². The van der Waals surface area contributed by atoms with Gasteiger partial charge in [0.15, 0.2) is 11.3 Å². The Bertz CT molecular complexity index is 908. The smallest absolute Gasteiger partial charge is 0.272 e. The van der Waals surface area contributed by atoms with Crippen LogP contribution in [0.15, 0.2) is 45.6 Å². The molecule has 0 bridgehead atoms. The Morgan fingerprint density at radius 3 is 2.92 bits per heavy atom. The van der Waals surface area contributed by atoms with Crippen molar-refractivity contribution in [2.24, 2.45) is 0 Å². The summed E-state index contributed by atoms with van der Waals surface area (Å²) in [5, 5.41) is 9.62. The van der Waals surface area contributed by atoms with Crippen LogP contribution in [-0.4, -0.2) is 22.7 Å². The van der Waals surface area contributed by atoms with Gasteiger partial charge in [0.2, 0.25) is 0 Å². The van der Waals surface area contributed by atoms with Gasteiger partial charge in [-0.2, -0.15) is 5.10 Å². The Balaban J connectivity index is 1.82. The van der Waals surface area contributed by atoms with Crippen molar-refractivity contribution in [3.63, 3.8) is 0 Å². The molecule has 3 aromatic rings. The first-order chi connectivity index (χ1) is 11.6. The van der Waals surface area contributed by atoms with Crippen LogP contribution in [0.1, 0.15) is 36.1 Å². The van der Waals surface area contributed by atoms with Crippen molar-refractivity contribution in [1.29, 1.82) is 0 Å². The van der Waals surface area contributed by atoms with Gasteiger partial charge in [0, 0.05) is 11.5 Å². The maximum absolute atomic E-state index is 12.2. The van der Waals surface area contributed by atoms with Crippen molar-refractivity contribution >= 4 is 16.9 Å². The first-order valence-corrected chi connectivity index (χ1v) is 7.60. The van der Waals surface area contributed by atoms with Crippen LogP contribution in [0.3, 0.4) is 0 Å². The number of nitrogens with zero attached hydrogens (tertiary/aromatic N) is 1. The van der Waals surface area contributed by atoms with Crippen molar-refractivity contribution in [2.45, 2.75) is 19.9 Å². The summed E-state index contributed by atoms with van der Waals surface area (Å²) in [5.41, 5.74) is 0.422. The van der Waals surface area contributed by atoms with Crippen LogP contribution in [0.5, 0.6) is 5.75 Å². The SMILES string of the molecule is CCOc1cccc2cc(C(C)NC(=O)c3ccc(=O)[nH]n3)oc12. The normalized spacial score (nSPS) is 12.1. The molecule has 1 unspecified atom stereocenters. The number of nitrogens with one attached hydrogen (secondary N) is 2. The minimum atomic E-state index is -0.399. The fourth-order valence-electron chi connectivity index (χ4n) is 2.35. The Kier molecular flexibility index (Phi) is 4.33. The van der Waals surface area contributed by atoms with Crippen LogP contribution in [-0.2, 0) is 0 Å². The molecule has 7 nitrogen and oxygen atoms in total. The Hall–Kier alpha value is -3.09. The average Bonchev–Trinajstić information content (AvgIpc) is 3.01. The summed E-state index contributed by atoms with van der Waals surface area (Å²) in [6, 6.07) is 9.76. The third-order valence-electron chi connectivity index (χ3n) is 3.51. The van der Waals surface area contributed by atoms with E-state index in [1.54, 1.807) is 0 Å². The number of benzene rings is 1. The number of aromatic nitrogens is 2. The minimum absolute atomic E-state index is 0.132. The van der Waals surface area contributed by atoms with Crippen LogP contribution < -0.4 is 15.6 Å². The molecule has 0 aliphatic carbocycles. The van der Waals surface area contributed by atoms with E-state index in [1.165, 1.54) is 12.1 Å². The van der Waals surface area contributed by atoms with Gasteiger partial charge in [-0.15, -0.1) is 0 Å². The lowest BCUT2D eigenvalue weighted by Gasteiger charge is -2.10. The third kappa shape index (κ3) is 3.15. The molecule has 1 amide bonds. The van der Waals surface area contributed by atoms with E-state index in [0.717, 1.165) is 5.39 Å². The number of hydrogen-bond acceptors (Lipinski definition) is 5. The number of carbonyl (C=O) groups is 1. The molecule has 7 heteroatoms. The average molecular weight is 327 g/mol. The Labute approximate surface area is 137 Å². The zero-order chi connectivity index (χ0) is 17.1. The molecule has 2 aromatic heterocycles. The Morgan fingerprint density at radius 2 is 2.21 bits per heavy atom. The molecule has 24 heavy (non-hydrogen) atoms. The van der Waals surface area contributed by atoms with E-state index in [-0.39, 0.29) is 17.3 Å². The molecule has 0 aliphatic heterocycles. The second kappa shape index (κ2) is 6.57. The molecular weight excluding hydrogens is 310 g/mol. The van der Waals surface area contributed by atoms with E-state index in [2.05, 4.69) is 15.5 Å². The number of amides is 1. The lowest BCUT2D eigenvalue weighted by atomic mass is 10.2. The Morgan fingerprint density at radius 1 is 1.38 bits per heavy atom. The predicted molar refractivity (Wildman–Crippen MR) is 88.1 cm³/mol. The van der Waals surface area contributed by atoms with Crippen LogP contribution in [0, 0.1) is 0 Å². The largest absolute Gasteiger partial charge is 0.490 e. The number of fused-ring (bicyclic) bond motifs is 1. The zero-order valence-corrected chi connectivity index (χ0v) is 13.3. The van der Waals surface area contributed by atoms with Gasteiger partial charge in [0.05, 0.1) is 12.6 Å². The summed E-state index contributed by atoms with van der Waals surface area (Å²) in [6.45, 7) is 4.25. The molecule has 0 saturated heterocycles. The molecule has 3 rings (SSSR count). The number of carbonyl (C=O) groups excluding carboxylic acids is 1. The quantitative estimate of drug-likeness (QED) is 0.750. The monoisotopic (exact) mass is 327 g/mol. The molecule has 0 saturated carbocycles. The number of hydrogen-bond donors (Lipinski definition) is 2. The van der Waals surface area contributed by atoms with E-state index in [4.69, 9.17) is 9.15 Å². The number of H-pyrrole nitrogens is 1. The van der Waals surface area contributed by atoms with Crippen LogP contribution >= 0.6 is 0 Å². The van der Waals surface area contributed by atoms with Gasteiger partial charge >= 0.3 is 0 Å². The number of furan rings is 1. The summed E-state index contributed by atoms with van der Waals surface area (Å²) >= 11 is 0. The number of aromatic amines is 1. The number of ether oxygens (including phenoxy) is 1. The summed E-state index contributed by atoms with van der Waals surface area (Å²) in [7, 11) is 0. The fraction of sp³-hybridized carbons (Fsp3) is 0.235. The summed E-state index contributed by atoms with van der Waals surface area (Å²) in [5.74, 6) is 0.876. The molecule has 2 N–H and O–H groups in total. The summed E-state index contributed by atoms with van der Waals surface area (Å²) in [4.78, 5) is 23.2. The molecule has 0 fully saturated rings. The van der Waals surface area contributed by atoms with Crippen LogP contribution in [0.4, 0.5) is 0 Å². The van der Waals surface area contributed by atoms with Crippen molar-refractivity contribution in [3.05, 3.63) is 58.2 Å². The number of rotatable bonds is 5. The lowest BCUT2D eigenvalue weighted by Crippen LogP contribution is -2.28. The fourth-order valence-corrected chi connectivity index (χ4v) is 2.35. The molecular formula is C17H17N3O4. The van der Waals surface area contributed by atoms with Crippen LogP contribution in [0.25, 0.3) is 11.0 Å². The van der Waals surface area contributed by atoms with Gasteiger partial charge in [-0.3, -0.25) is 9.59 Å². The van der Waals surface area contributed by atoms with Gasteiger partial charge in [0.1, 0.15) is 11.5 Å². The van der Waals surface area contributed by atoms with Crippen molar-refractivity contribution in [3.8, 4) is 5.75 Å². The highest BCUT2D eigenvalue weighted by molar-refractivity contribution is 5.92. The van der Waals surface area contributed by atoms with Gasteiger partial charge in [0.25, 0.3) is 11.5 Å². The lowest BCUT2D eigenvalue weighted by molar-refractivity contribution is 0.0929. The van der Waals surface area contributed by atoms with Gasteiger partial charge in [-0.25, -0.2) is 5.10 Å². The third-order valence-corrected chi connectivity index (χ3v) is 3.51. The summed E-state index contributed by atoms with van der Waals surface area (Å²) < 4.78 is 11.4. The van der Waals surface area contributed by atoms with E-state index in [9.17, 15) is 9.59 Å². The first kappa shape index (κ1) is 15.8. The second-order valence-corrected chi connectivity index (χ2v) is 5.26. The van der Waals surface area contributed by atoms with E-state index >= 15 is 0 Å². The highest BCUT2D eigenvalue weighted by Crippen LogP contribution is 2.31. The van der Waals surface area contributed by atoms with E-state index < -0.39 is 5.91 Å². The molecule has 0 radical (unpaired) electrons. The standard InChI is InChI=1S/C17H17N3O4/c1-3-23-13-6-4-5-11-9-14(24-16(11)13)10(2)18-17(22)12-7-8-15(21)20-19-12/h4-10H,3H2,1-2H3,(H,18,22)(H,20,21). The summed E-state index contributed by atoms with van der Waals surface area (Å²) in [6.07, 6.45) is 0. The molecule has 1 aromatic carbocycles.